The molecule has 152 valence electrons. The summed E-state index contributed by atoms with van der Waals surface area (Å²) in [6.45, 7) is 3.87. The van der Waals surface area contributed by atoms with Gasteiger partial charge in [-0.05, 0) is 24.6 Å². The van der Waals surface area contributed by atoms with Gasteiger partial charge in [-0.3, -0.25) is 15.0 Å². The van der Waals surface area contributed by atoms with Crippen molar-refractivity contribution in [2.45, 2.75) is 19.3 Å². The van der Waals surface area contributed by atoms with Crippen molar-refractivity contribution >= 4 is 17.3 Å². The Morgan fingerprint density at radius 2 is 2.07 bits per heavy atom. The van der Waals surface area contributed by atoms with E-state index in [4.69, 9.17) is 17.3 Å². The van der Waals surface area contributed by atoms with Crippen molar-refractivity contribution in [3.63, 3.8) is 0 Å². The second-order valence-electron chi connectivity index (χ2n) is 7.40. The van der Waals surface area contributed by atoms with Gasteiger partial charge in [-0.15, -0.1) is 0 Å². The molecule has 2 aliphatic rings. The smallest absolute Gasteiger partial charge is 0.274 e. The minimum absolute atomic E-state index is 0.118. The molecule has 0 bridgehead atoms. The molecule has 9 heteroatoms. The van der Waals surface area contributed by atoms with Crippen LogP contribution >= 0.6 is 11.6 Å². The number of nitrogens with zero attached hydrogens (tertiary/aromatic N) is 5. The molecule has 8 nitrogen and oxygen atoms in total. The fourth-order valence-electron chi connectivity index (χ4n) is 4.52. The zero-order valence-electron chi connectivity index (χ0n) is 16.3. The molecule has 2 atom stereocenters. The summed E-state index contributed by atoms with van der Waals surface area (Å²) in [7, 11) is 0. The average Bonchev–Trinajstić information content (AvgIpc) is 2.73. The Hall–Kier alpha value is -3.38. The van der Waals surface area contributed by atoms with Crippen molar-refractivity contribution in [2.75, 3.05) is 19.6 Å². The monoisotopic (exact) mass is 422 g/mol. The highest BCUT2D eigenvalue weighted by molar-refractivity contribution is 6.30. The minimum Gasteiger partial charge on any atom is -0.399 e. The maximum Gasteiger partial charge on any atom is 0.274 e. The van der Waals surface area contributed by atoms with E-state index in [1.165, 1.54) is 18.2 Å². The molecule has 1 aromatic carbocycles. The van der Waals surface area contributed by atoms with Crippen LogP contribution in [0, 0.1) is 55.4 Å². The second-order valence-corrected chi connectivity index (χ2v) is 7.83. The number of nitro groups is 1. The Morgan fingerprint density at radius 1 is 1.37 bits per heavy atom. The predicted molar refractivity (Wildman–Crippen MR) is 110 cm³/mol. The van der Waals surface area contributed by atoms with Gasteiger partial charge in [-0.2, -0.15) is 15.8 Å². The van der Waals surface area contributed by atoms with Crippen molar-refractivity contribution in [1.29, 1.82) is 15.8 Å². The number of nitro benzene ring substituents is 1. The standard InChI is InChI=1S/C21H19ClN6O2/c1-2-6-27-7-5-14-16(9-23)20(26)21(11-24,12-25)19(17(14)10-27)15-4-3-13(22)8-18(15)28(29)30/h3-5,8,17,19H,2,6-7,10,26H2,1H3/t17-,19-/m1/s1. The van der Waals surface area contributed by atoms with Crippen molar-refractivity contribution in [3.05, 3.63) is 61.8 Å². The Bertz CT molecular complexity index is 1070. The van der Waals surface area contributed by atoms with E-state index >= 15 is 0 Å². The van der Waals surface area contributed by atoms with E-state index in [2.05, 4.69) is 11.0 Å². The predicted octanol–water partition coefficient (Wildman–Crippen LogP) is 3.38. The molecule has 0 radical (unpaired) electrons. The summed E-state index contributed by atoms with van der Waals surface area (Å²) >= 11 is 5.98. The van der Waals surface area contributed by atoms with Crippen molar-refractivity contribution in [2.24, 2.45) is 17.1 Å². The third kappa shape index (κ3) is 3.19. The topological polar surface area (TPSA) is 144 Å². The zero-order valence-corrected chi connectivity index (χ0v) is 17.1. The number of benzene rings is 1. The highest BCUT2D eigenvalue weighted by Gasteiger charge is 2.55. The number of nitrogens with two attached hydrogens (primary N) is 1. The molecule has 1 aliphatic carbocycles. The van der Waals surface area contributed by atoms with Crippen LogP contribution in [0.3, 0.4) is 0 Å². The number of hydrogen-bond acceptors (Lipinski definition) is 7. The van der Waals surface area contributed by atoms with Crippen LogP contribution in [0.5, 0.6) is 0 Å². The van der Waals surface area contributed by atoms with E-state index in [1.54, 1.807) is 0 Å². The van der Waals surface area contributed by atoms with Crippen LogP contribution in [0.2, 0.25) is 5.02 Å². The Labute approximate surface area is 179 Å². The fraction of sp³-hybridized carbons (Fsp3) is 0.381. The molecule has 0 saturated heterocycles. The van der Waals surface area contributed by atoms with Crippen LogP contribution in [0.15, 0.2) is 41.1 Å². The lowest BCUT2D eigenvalue weighted by Crippen LogP contribution is -2.48. The lowest BCUT2D eigenvalue weighted by molar-refractivity contribution is -0.385. The van der Waals surface area contributed by atoms with Gasteiger partial charge in [0, 0.05) is 41.6 Å². The molecule has 0 unspecified atom stereocenters. The van der Waals surface area contributed by atoms with Gasteiger partial charge < -0.3 is 5.73 Å². The maximum absolute atomic E-state index is 11.8. The molecule has 1 aromatic rings. The van der Waals surface area contributed by atoms with Crippen LogP contribution in [-0.4, -0.2) is 29.5 Å². The largest absolute Gasteiger partial charge is 0.399 e. The van der Waals surface area contributed by atoms with Gasteiger partial charge in [0.2, 0.25) is 0 Å². The summed E-state index contributed by atoms with van der Waals surface area (Å²) in [5, 5.41) is 41.9. The first kappa shape index (κ1) is 21.3. The van der Waals surface area contributed by atoms with Gasteiger partial charge in [0.15, 0.2) is 5.41 Å². The SMILES string of the molecule is CCCN1CC=C2C(C#N)=C(N)C(C#N)(C#N)[C@H](c3ccc(Cl)cc3[N+](=O)[O-])[C@@H]2C1. The molecule has 0 aromatic heterocycles. The van der Waals surface area contributed by atoms with E-state index in [0.717, 1.165) is 13.0 Å². The van der Waals surface area contributed by atoms with Crippen LogP contribution in [-0.2, 0) is 0 Å². The summed E-state index contributed by atoms with van der Waals surface area (Å²) in [5.74, 6) is -1.40. The quantitative estimate of drug-likeness (QED) is 0.578. The van der Waals surface area contributed by atoms with Crippen LogP contribution < -0.4 is 5.73 Å². The molecule has 1 aliphatic heterocycles. The van der Waals surface area contributed by atoms with Gasteiger partial charge in [0.1, 0.15) is 6.07 Å². The summed E-state index contributed by atoms with van der Waals surface area (Å²) in [5.41, 5.74) is 4.85. The van der Waals surface area contributed by atoms with Gasteiger partial charge in [-0.1, -0.05) is 30.7 Å². The number of nitriles is 3. The van der Waals surface area contributed by atoms with E-state index in [0.29, 0.717) is 18.7 Å². The molecule has 3 rings (SSSR count). The fourth-order valence-corrected chi connectivity index (χ4v) is 4.69. The maximum atomic E-state index is 11.8. The third-order valence-electron chi connectivity index (χ3n) is 5.80. The highest BCUT2D eigenvalue weighted by Crippen LogP contribution is 2.55. The Balaban J connectivity index is 2.36. The average molecular weight is 423 g/mol. The number of hydrogen-bond donors (Lipinski definition) is 1. The molecule has 1 heterocycles. The zero-order chi connectivity index (χ0) is 22.1. The molecule has 0 amide bonds. The van der Waals surface area contributed by atoms with E-state index in [9.17, 15) is 25.9 Å². The first-order chi connectivity index (χ1) is 14.3. The molecule has 30 heavy (non-hydrogen) atoms. The number of halogens is 1. The van der Waals surface area contributed by atoms with Crippen molar-refractivity contribution < 1.29 is 4.92 Å². The molecular weight excluding hydrogens is 404 g/mol. The molecular formula is C21H19ClN6O2. The minimum atomic E-state index is -1.92. The third-order valence-corrected chi connectivity index (χ3v) is 6.04. The van der Waals surface area contributed by atoms with Crippen LogP contribution in [0.1, 0.15) is 24.8 Å². The van der Waals surface area contributed by atoms with Crippen LogP contribution in [0.4, 0.5) is 5.69 Å². The Kier molecular flexibility index (Phi) is 5.80. The highest BCUT2D eigenvalue weighted by atomic mass is 35.5. The van der Waals surface area contributed by atoms with Crippen molar-refractivity contribution in [1.82, 2.24) is 4.90 Å². The number of fused-ring (bicyclic) bond motifs is 1. The van der Waals surface area contributed by atoms with Crippen LogP contribution in [0.25, 0.3) is 0 Å². The first-order valence-electron chi connectivity index (χ1n) is 9.44. The second kappa shape index (κ2) is 8.16. The summed E-state index contributed by atoms with van der Waals surface area (Å²) < 4.78 is 0. The molecule has 0 spiro atoms. The van der Waals surface area contributed by atoms with Gasteiger partial charge >= 0.3 is 0 Å². The lowest BCUT2D eigenvalue weighted by Gasteiger charge is -2.45. The molecule has 0 fully saturated rings. The Morgan fingerprint density at radius 3 is 2.63 bits per heavy atom. The van der Waals surface area contributed by atoms with E-state index < -0.39 is 22.2 Å². The normalized spacial score (nSPS) is 22.8. The summed E-state index contributed by atoms with van der Waals surface area (Å²) in [6.07, 6.45) is 2.77. The first-order valence-corrected chi connectivity index (χ1v) is 9.81. The number of allylic oxidation sites excluding steroid dienone is 2. The van der Waals surface area contributed by atoms with E-state index in [1.807, 2.05) is 25.1 Å². The molecule has 2 N–H and O–H groups in total. The molecule has 0 saturated carbocycles. The lowest BCUT2D eigenvalue weighted by atomic mass is 9.58. The van der Waals surface area contributed by atoms with Gasteiger partial charge in [0.25, 0.3) is 5.69 Å². The van der Waals surface area contributed by atoms with Crippen molar-refractivity contribution in [3.8, 4) is 18.2 Å². The summed E-state index contributed by atoms with van der Waals surface area (Å²) in [4.78, 5) is 13.4. The number of rotatable bonds is 4. The van der Waals surface area contributed by atoms with Gasteiger partial charge in [0.05, 0.1) is 28.3 Å². The van der Waals surface area contributed by atoms with E-state index in [-0.39, 0.29) is 27.5 Å². The summed E-state index contributed by atoms with van der Waals surface area (Å²) in [6, 6.07) is 10.2. The van der Waals surface area contributed by atoms with Gasteiger partial charge in [-0.25, -0.2) is 0 Å².